The minimum atomic E-state index is -0.546. The first-order valence-electron chi connectivity index (χ1n) is 7.63. The molecule has 0 bridgehead atoms. The number of carbonyl (C=O) groups is 1. The lowest BCUT2D eigenvalue weighted by Crippen LogP contribution is -2.51. The summed E-state index contributed by atoms with van der Waals surface area (Å²) >= 11 is 12.7. The molecule has 0 aliphatic heterocycles. The Balaban J connectivity index is 2.33. The van der Waals surface area contributed by atoms with Gasteiger partial charge in [0.15, 0.2) is 17.4 Å². The van der Waals surface area contributed by atoms with Crippen LogP contribution in [0.3, 0.4) is 0 Å². The van der Waals surface area contributed by atoms with E-state index >= 15 is 0 Å². The van der Waals surface area contributed by atoms with E-state index in [-0.39, 0.29) is 5.78 Å². The van der Waals surface area contributed by atoms with E-state index in [2.05, 4.69) is 12.2 Å². The molecule has 0 radical (unpaired) electrons. The van der Waals surface area contributed by atoms with Crippen molar-refractivity contribution in [1.82, 2.24) is 5.32 Å². The SMILES string of the molecule is CCCc1cc[n+]([C@@H](C(=O)c2ccc(Cl)s2)C(=S)NCC)cc1. The summed E-state index contributed by atoms with van der Waals surface area (Å²) in [6, 6.07) is 7.03. The minimum absolute atomic E-state index is 0.0407. The van der Waals surface area contributed by atoms with Crippen molar-refractivity contribution in [3.05, 3.63) is 51.4 Å². The number of carbonyl (C=O) groups excluding carboxylic acids is 1. The van der Waals surface area contributed by atoms with Crippen LogP contribution in [0.25, 0.3) is 0 Å². The van der Waals surface area contributed by atoms with Gasteiger partial charge in [0.25, 0.3) is 6.04 Å². The number of ketones is 1. The Morgan fingerprint density at radius 3 is 2.52 bits per heavy atom. The smallest absolute Gasteiger partial charge is 0.271 e. The van der Waals surface area contributed by atoms with Crippen LogP contribution in [0.2, 0.25) is 4.34 Å². The third-order valence-corrected chi connectivity index (χ3v) is 5.04. The molecule has 122 valence electrons. The molecule has 0 aliphatic rings. The summed E-state index contributed by atoms with van der Waals surface area (Å²) in [7, 11) is 0. The molecule has 23 heavy (non-hydrogen) atoms. The normalized spacial score (nSPS) is 12.0. The molecule has 0 fully saturated rings. The molecule has 0 unspecified atom stereocenters. The molecule has 0 aliphatic carbocycles. The maximum Gasteiger partial charge on any atom is 0.271 e. The van der Waals surface area contributed by atoms with Gasteiger partial charge in [-0.2, -0.15) is 4.57 Å². The van der Waals surface area contributed by atoms with E-state index in [1.165, 1.54) is 16.9 Å². The second-order valence-corrected chi connectivity index (χ2v) is 7.32. The topological polar surface area (TPSA) is 33.0 Å². The number of pyridine rings is 1. The molecule has 2 aromatic rings. The standard InChI is InChI=1S/C17H19ClN2OS2/c1-3-5-12-8-10-20(11-9-12)15(17(22)19-4-2)16(21)13-6-7-14(18)23-13/h6-11,15H,3-5H2,1-2H3/p+1/t15-/m0/s1. The zero-order chi connectivity index (χ0) is 16.8. The molecule has 0 amide bonds. The minimum Gasteiger partial charge on any atom is -0.374 e. The highest BCUT2D eigenvalue weighted by atomic mass is 35.5. The summed E-state index contributed by atoms with van der Waals surface area (Å²) in [5.74, 6) is -0.0407. The van der Waals surface area contributed by atoms with E-state index in [4.69, 9.17) is 23.8 Å². The lowest BCUT2D eigenvalue weighted by molar-refractivity contribution is -0.692. The summed E-state index contributed by atoms with van der Waals surface area (Å²) in [6.45, 7) is 4.79. The van der Waals surface area contributed by atoms with Crippen LogP contribution in [0, 0.1) is 0 Å². The number of likely N-dealkylation sites (N-methyl/N-ethyl adjacent to an activating group) is 1. The molecule has 6 heteroatoms. The molecule has 1 N–H and O–H groups in total. The number of rotatable bonds is 7. The number of nitrogens with zero attached hydrogens (tertiary/aromatic N) is 1. The Kier molecular flexibility index (Phi) is 6.69. The van der Waals surface area contributed by atoms with E-state index in [1.54, 1.807) is 12.1 Å². The highest BCUT2D eigenvalue weighted by Crippen LogP contribution is 2.24. The van der Waals surface area contributed by atoms with Crippen LogP contribution in [0.1, 0.15) is 41.5 Å². The molecule has 2 heterocycles. The summed E-state index contributed by atoms with van der Waals surface area (Å²) in [5.41, 5.74) is 1.25. The average molecular weight is 368 g/mol. The monoisotopic (exact) mass is 367 g/mol. The van der Waals surface area contributed by atoms with Crippen LogP contribution in [-0.2, 0) is 6.42 Å². The number of hydrogen-bond acceptors (Lipinski definition) is 3. The largest absolute Gasteiger partial charge is 0.374 e. The number of Topliss-reactive ketones (excluding diaryl/α,β-unsaturated/α-hetero) is 1. The summed E-state index contributed by atoms with van der Waals surface area (Å²) in [4.78, 5) is 14.0. The number of hydrogen-bond donors (Lipinski definition) is 1. The fourth-order valence-electron chi connectivity index (χ4n) is 2.34. The van der Waals surface area contributed by atoms with Gasteiger partial charge in [0.2, 0.25) is 5.78 Å². The van der Waals surface area contributed by atoms with E-state index in [1.807, 2.05) is 36.0 Å². The predicted molar refractivity (Wildman–Crippen MR) is 99.6 cm³/mol. The zero-order valence-corrected chi connectivity index (χ0v) is 15.6. The zero-order valence-electron chi connectivity index (χ0n) is 13.2. The van der Waals surface area contributed by atoms with Crippen LogP contribution in [0.15, 0.2) is 36.7 Å². The molecule has 2 rings (SSSR count). The molecule has 3 nitrogen and oxygen atoms in total. The van der Waals surface area contributed by atoms with Gasteiger partial charge in [-0.25, -0.2) is 0 Å². The summed E-state index contributed by atoms with van der Waals surface area (Å²) in [6.07, 6.45) is 5.96. The van der Waals surface area contributed by atoms with Crippen LogP contribution in [0.4, 0.5) is 0 Å². The average Bonchev–Trinajstić information content (AvgIpc) is 2.96. The molecular weight excluding hydrogens is 348 g/mol. The van der Waals surface area contributed by atoms with Crippen molar-refractivity contribution in [1.29, 1.82) is 0 Å². The van der Waals surface area contributed by atoms with Gasteiger partial charge >= 0.3 is 0 Å². The van der Waals surface area contributed by atoms with E-state index < -0.39 is 6.04 Å². The second kappa shape index (κ2) is 8.52. The number of thiocarbonyl (C=S) groups is 1. The van der Waals surface area contributed by atoms with Crippen molar-refractivity contribution in [2.75, 3.05) is 6.54 Å². The van der Waals surface area contributed by atoms with Gasteiger partial charge < -0.3 is 5.32 Å². The first-order valence-corrected chi connectivity index (χ1v) is 9.24. The second-order valence-electron chi connectivity index (χ2n) is 5.17. The Hall–Kier alpha value is -1.30. The van der Waals surface area contributed by atoms with Crippen LogP contribution >= 0.6 is 35.2 Å². The lowest BCUT2D eigenvalue weighted by Gasteiger charge is -2.13. The molecule has 0 spiro atoms. The van der Waals surface area contributed by atoms with E-state index in [9.17, 15) is 4.79 Å². The summed E-state index contributed by atoms with van der Waals surface area (Å²) in [5, 5.41) is 3.10. The van der Waals surface area contributed by atoms with E-state index in [0.29, 0.717) is 20.7 Å². The fraction of sp³-hybridized carbons (Fsp3) is 0.353. The number of halogens is 1. The molecule has 1 atom stereocenters. The Labute approximate surface area is 151 Å². The lowest BCUT2D eigenvalue weighted by atomic mass is 10.1. The third-order valence-electron chi connectivity index (χ3n) is 3.42. The number of thiophene rings is 1. The summed E-state index contributed by atoms with van der Waals surface area (Å²) < 4.78 is 2.46. The number of aryl methyl sites for hydroxylation is 1. The van der Waals surface area contributed by atoms with Crippen molar-refractivity contribution < 1.29 is 9.36 Å². The van der Waals surface area contributed by atoms with Gasteiger partial charge in [0, 0.05) is 18.7 Å². The van der Waals surface area contributed by atoms with Crippen molar-refractivity contribution in [2.24, 2.45) is 0 Å². The van der Waals surface area contributed by atoms with Gasteiger partial charge in [0.05, 0.1) is 9.21 Å². The highest BCUT2D eigenvalue weighted by Gasteiger charge is 2.33. The van der Waals surface area contributed by atoms with Crippen molar-refractivity contribution in [3.63, 3.8) is 0 Å². The third kappa shape index (κ3) is 4.59. The molecule has 2 aromatic heterocycles. The first-order chi connectivity index (χ1) is 11.1. The van der Waals surface area contributed by atoms with Gasteiger partial charge in [-0.05, 0) is 31.0 Å². The Morgan fingerprint density at radius 2 is 2.00 bits per heavy atom. The van der Waals surface area contributed by atoms with Crippen molar-refractivity contribution in [2.45, 2.75) is 32.7 Å². The number of nitrogens with one attached hydrogen (secondary N) is 1. The van der Waals surface area contributed by atoms with Crippen LogP contribution < -0.4 is 9.88 Å². The van der Waals surface area contributed by atoms with Gasteiger partial charge in [-0.3, -0.25) is 4.79 Å². The quantitative estimate of drug-likeness (QED) is 0.456. The number of aromatic nitrogens is 1. The molecule has 0 saturated carbocycles. The first kappa shape index (κ1) is 18.0. The highest BCUT2D eigenvalue weighted by molar-refractivity contribution is 7.80. The fourth-order valence-corrected chi connectivity index (χ4v) is 3.72. The van der Waals surface area contributed by atoms with Gasteiger partial charge in [-0.15, -0.1) is 11.3 Å². The van der Waals surface area contributed by atoms with Crippen LogP contribution in [-0.4, -0.2) is 17.3 Å². The predicted octanol–water partition coefficient (Wildman–Crippen LogP) is 4.00. The maximum absolute atomic E-state index is 12.9. The molecular formula is C17H20ClN2OS2+. The maximum atomic E-state index is 12.9. The van der Waals surface area contributed by atoms with Gasteiger partial charge in [-0.1, -0.05) is 37.2 Å². The Bertz CT molecular complexity index is 682. The molecule has 0 saturated heterocycles. The van der Waals surface area contributed by atoms with Crippen molar-refractivity contribution >= 4 is 45.9 Å². The molecule has 0 aromatic carbocycles. The van der Waals surface area contributed by atoms with Crippen LogP contribution in [0.5, 0.6) is 0 Å². The Morgan fingerprint density at radius 1 is 1.30 bits per heavy atom. The van der Waals surface area contributed by atoms with E-state index in [0.717, 1.165) is 12.8 Å². The van der Waals surface area contributed by atoms with Crippen molar-refractivity contribution in [3.8, 4) is 0 Å². The van der Waals surface area contributed by atoms with Gasteiger partial charge in [0.1, 0.15) is 0 Å².